The quantitative estimate of drug-likeness (QED) is 0.581. The summed E-state index contributed by atoms with van der Waals surface area (Å²) < 4.78 is 38.3. The molecule has 0 radical (unpaired) electrons. The van der Waals surface area contributed by atoms with Crippen molar-refractivity contribution in [3.63, 3.8) is 0 Å². The van der Waals surface area contributed by atoms with E-state index in [9.17, 15) is 17.9 Å². The lowest BCUT2D eigenvalue weighted by atomic mass is 9.92. The molecule has 4 rings (SSSR count). The first-order valence-electron chi connectivity index (χ1n) is 9.46. The van der Waals surface area contributed by atoms with Crippen LogP contribution in [0.25, 0.3) is 11.1 Å². The summed E-state index contributed by atoms with van der Waals surface area (Å²) >= 11 is -2.28. The molecule has 2 N–H and O–H groups in total. The largest absolute Gasteiger partial charge is 0.480 e. The lowest BCUT2D eigenvalue weighted by molar-refractivity contribution is -0.137. The second kappa shape index (κ2) is 8.37. The van der Waals surface area contributed by atoms with E-state index in [0.29, 0.717) is 18.5 Å². The smallest absolute Gasteiger partial charge is 0.325 e. The van der Waals surface area contributed by atoms with E-state index in [0.717, 1.165) is 28.8 Å². The van der Waals surface area contributed by atoms with Crippen LogP contribution < -0.4 is 4.31 Å². The molecule has 0 amide bonds. The third-order valence-corrected chi connectivity index (χ3v) is 6.07. The molecule has 1 aromatic heterocycles. The fourth-order valence-corrected chi connectivity index (χ4v) is 4.66. The van der Waals surface area contributed by atoms with Crippen molar-refractivity contribution in [2.75, 3.05) is 4.31 Å². The van der Waals surface area contributed by atoms with Crippen LogP contribution in [0, 0.1) is 5.82 Å². The average molecular weight is 429 g/mol. The van der Waals surface area contributed by atoms with Crippen LogP contribution in [0.15, 0.2) is 54.7 Å². The highest BCUT2D eigenvalue weighted by molar-refractivity contribution is 7.80. The minimum absolute atomic E-state index is 0.239. The maximum absolute atomic E-state index is 13.2. The Morgan fingerprint density at radius 2 is 1.80 bits per heavy atom. The molecule has 0 fully saturated rings. The zero-order valence-electron chi connectivity index (χ0n) is 15.9. The van der Waals surface area contributed by atoms with E-state index in [4.69, 9.17) is 5.11 Å². The predicted octanol–water partition coefficient (Wildman–Crippen LogP) is 3.79. The molecule has 7 nitrogen and oxygen atoms in total. The van der Waals surface area contributed by atoms with Crippen molar-refractivity contribution >= 4 is 22.9 Å². The third kappa shape index (κ3) is 3.99. The van der Waals surface area contributed by atoms with E-state index in [1.165, 1.54) is 21.1 Å². The van der Waals surface area contributed by atoms with Gasteiger partial charge in [-0.2, -0.15) is 5.10 Å². The van der Waals surface area contributed by atoms with Gasteiger partial charge in [-0.1, -0.05) is 24.3 Å². The number of rotatable bonds is 6. The number of nitrogens with zero attached hydrogens (tertiary/aromatic N) is 3. The van der Waals surface area contributed by atoms with Crippen molar-refractivity contribution in [2.45, 2.75) is 31.8 Å². The molecule has 1 heterocycles. The Morgan fingerprint density at radius 1 is 1.17 bits per heavy atom. The van der Waals surface area contributed by atoms with Crippen LogP contribution in [0.4, 0.5) is 10.1 Å². The normalized spacial score (nSPS) is 16.7. The summed E-state index contributed by atoms with van der Waals surface area (Å²) in [5.41, 5.74) is 3.82. The number of fused-ring (bicyclic) bond motifs is 1. The fraction of sp³-hybridized carbons (Fsp3) is 0.238. The first-order valence-corrected chi connectivity index (χ1v) is 10.5. The first-order chi connectivity index (χ1) is 14.4. The Bertz CT molecular complexity index is 1080. The molecule has 0 saturated heterocycles. The molecule has 2 unspecified atom stereocenters. The highest BCUT2D eigenvalue weighted by Crippen LogP contribution is 2.38. The minimum Gasteiger partial charge on any atom is -0.480 e. The predicted molar refractivity (Wildman–Crippen MR) is 111 cm³/mol. The van der Waals surface area contributed by atoms with Crippen LogP contribution in [0.3, 0.4) is 0 Å². The van der Waals surface area contributed by atoms with Crippen LogP contribution >= 0.6 is 0 Å². The molecule has 156 valence electrons. The molecule has 30 heavy (non-hydrogen) atoms. The number of hydrogen-bond donors (Lipinski definition) is 2. The molecule has 1 aliphatic rings. The lowest BCUT2D eigenvalue weighted by Crippen LogP contribution is -2.33. The number of aliphatic carboxylic acids is 1. The summed E-state index contributed by atoms with van der Waals surface area (Å²) in [6.45, 7) is -0.239. The van der Waals surface area contributed by atoms with Crippen molar-refractivity contribution in [3.05, 3.63) is 71.8 Å². The van der Waals surface area contributed by atoms with Gasteiger partial charge in [0.2, 0.25) is 0 Å². The Hall–Kier alpha value is -3.04. The SMILES string of the molecule is O=C(O)Cn1ncc2c1CCCC2N(c1ccc(-c2ccc(F)cc2)cc1)S(=O)O. The lowest BCUT2D eigenvalue weighted by Gasteiger charge is -2.33. The van der Waals surface area contributed by atoms with E-state index in [1.54, 1.807) is 30.5 Å². The van der Waals surface area contributed by atoms with Crippen molar-refractivity contribution < 1.29 is 23.1 Å². The van der Waals surface area contributed by atoms with Crippen LogP contribution in [0.2, 0.25) is 0 Å². The average Bonchev–Trinajstić information content (AvgIpc) is 3.12. The van der Waals surface area contributed by atoms with Gasteiger partial charge in [0.05, 0.1) is 17.9 Å². The van der Waals surface area contributed by atoms with E-state index >= 15 is 0 Å². The number of anilines is 1. The maximum atomic E-state index is 13.2. The van der Waals surface area contributed by atoms with Crippen LogP contribution in [-0.2, 0) is 29.0 Å². The van der Waals surface area contributed by atoms with Gasteiger partial charge >= 0.3 is 5.97 Å². The minimum atomic E-state index is -2.28. The molecule has 0 aliphatic heterocycles. The number of aromatic nitrogens is 2. The van der Waals surface area contributed by atoms with Gasteiger partial charge in [-0.15, -0.1) is 0 Å². The zero-order valence-corrected chi connectivity index (χ0v) is 16.8. The highest BCUT2D eigenvalue weighted by atomic mass is 32.2. The maximum Gasteiger partial charge on any atom is 0.325 e. The molecule has 9 heteroatoms. The molecule has 0 bridgehead atoms. The van der Waals surface area contributed by atoms with Gasteiger partial charge in [0, 0.05) is 11.3 Å². The van der Waals surface area contributed by atoms with Crippen LogP contribution in [0.5, 0.6) is 0 Å². The molecular formula is C21H20FN3O4S. The van der Waals surface area contributed by atoms with E-state index in [1.807, 2.05) is 12.1 Å². The number of carboxylic acid groups (broad SMARTS) is 1. The molecular weight excluding hydrogens is 409 g/mol. The Labute approximate surface area is 175 Å². The summed E-state index contributed by atoms with van der Waals surface area (Å²) in [6.07, 6.45) is 3.67. The summed E-state index contributed by atoms with van der Waals surface area (Å²) in [5.74, 6) is -1.30. The van der Waals surface area contributed by atoms with Crippen LogP contribution in [0.1, 0.15) is 30.1 Å². The van der Waals surface area contributed by atoms with Gasteiger partial charge < -0.3 is 5.11 Å². The summed E-state index contributed by atoms with van der Waals surface area (Å²) in [7, 11) is 0. The van der Waals surface area contributed by atoms with Gasteiger partial charge in [0.15, 0.2) is 0 Å². The Kier molecular flexibility index (Phi) is 5.65. The second-order valence-electron chi connectivity index (χ2n) is 7.12. The molecule has 3 aromatic rings. The zero-order chi connectivity index (χ0) is 21.3. The molecule has 1 aliphatic carbocycles. The molecule has 0 spiro atoms. The van der Waals surface area contributed by atoms with Crippen molar-refractivity contribution in [2.24, 2.45) is 0 Å². The van der Waals surface area contributed by atoms with E-state index in [2.05, 4.69) is 5.10 Å². The fourth-order valence-electron chi connectivity index (χ4n) is 3.93. The number of carbonyl (C=O) groups is 1. The number of halogens is 1. The van der Waals surface area contributed by atoms with Gasteiger partial charge in [-0.05, 0) is 54.7 Å². The van der Waals surface area contributed by atoms with Crippen LogP contribution in [-0.4, -0.2) is 29.6 Å². The molecule has 2 atom stereocenters. The van der Waals surface area contributed by atoms with Gasteiger partial charge in [0.1, 0.15) is 12.4 Å². The van der Waals surface area contributed by atoms with Crippen molar-refractivity contribution in [1.29, 1.82) is 0 Å². The number of hydrogen-bond acceptors (Lipinski definition) is 3. The molecule has 0 saturated carbocycles. The Balaban J connectivity index is 1.66. The Morgan fingerprint density at radius 3 is 2.40 bits per heavy atom. The summed E-state index contributed by atoms with van der Waals surface area (Å²) in [4.78, 5) is 11.1. The third-order valence-electron chi connectivity index (χ3n) is 5.27. The van der Waals surface area contributed by atoms with E-state index in [-0.39, 0.29) is 12.4 Å². The topological polar surface area (TPSA) is 95.7 Å². The van der Waals surface area contributed by atoms with E-state index < -0.39 is 23.3 Å². The number of benzene rings is 2. The molecule has 2 aromatic carbocycles. The number of carboxylic acids is 1. The highest BCUT2D eigenvalue weighted by Gasteiger charge is 2.32. The summed E-state index contributed by atoms with van der Waals surface area (Å²) in [6, 6.07) is 12.9. The van der Waals surface area contributed by atoms with Gasteiger partial charge in [-0.3, -0.25) is 18.3 Å². The standard InChI is InChI=1S/C21H20FN3O4S/c22-16-8-4-14(5-9-16)15-6-10-17(11-7-15)25(30(28)29)20-3-1-2-19-18(20)12-23-24(19)13-21(26)27/h4-12,20H,1-3,13H2,(H,26,27)(H,28,29). The first kappa shape index (κ1) is 20.2. The van der Waals surface area contributed by atoms with Crippen molar-refractivity contribution in [3.8, 4) is 11.1 Å². The monoisotopic (exact) mass is 429 g/mol. The second-order valence-corrected chi connectivity index (χ2v) is 7.97. The van der Waals surface area contributed by atoms with Gasteiger partial charge in [0.25, 0.3) is 11.3 Å². The summed E-state index contributed by atoms with van der Waals surface area (Å²) in [5, 5.41) is 13.3. The van der Waals surface area contributed by atoms with Gasteiger partial charge in [-0.25, -0.2) is 8.60 Å². The van der Waals surface area contributed by atoms with Crippen molar-refractivity contribution in [1.82, 2.24) is 9.78 Å².